The second kappa shape index (κ2) is 11.1. The van der Waals surface area contributed by atoms with Crippen molar-refractivity contribution in [2.24, 2.45) is 0 Å². The van der Waals surface area contributed by atoms with Crippen molar-refractivity contribution >= 4 is 8.80 Å². The van der Waals surface area contributed by atoms with Gasteiger partial charge in [0, 0.05) is 45.5 Å². The minimum atomic E-state index is -2.60. The average Bonchev–Trinajstić information content (AvgIpc) is 2.45. The lowest BCUT2D eigenvalue weighted by atomic mass is 10.3. The van der Waals surface area contributed by atoms with Crippen LogP contribution < -0.4 is 0 Å². The third-order valence-corrected chi connectivity index (χ3v) is 6.50. The molecule has 0 amide bonds. The molecular formula is C16H31NO4Si. The van der Waals surface area contributed by atoms with E-state index in [1.54, 1.807) is 0 Å². The van der Waals surface area contributed by atoms with Crippen molar-refractivity contribution in [2.75, 3.05) is 46.1 Å². The Labute approximate surface area is 136 Å². The zero-order valence-corrected chi connectivity index (χ0v) is 15.1. The van der Waals surface area contributed by atoms with Gasteiger partial charge in [-0.3, -0.25) is 4.90 Å². The van der Waals surface area contributed by atoms with E-state index in [9.17, 15) is 0 Å². The predicted octanol–water partition coefficient (Wildman–Crippen LogP) is 2.48. The monoisotopic (exact) mass is 329 g/mol. The molecule has 0 bridgehead atoms. The molecule has 6 heteroatoms. The first kappa shape index (κ1) is 19.5. The van der Waals surface area contributed by atoms with Gasteiger partial charge >= 0.3 is 8.80 Å². The van der Waals surface area contributed by atoms with Gasteiger partial charge in [-0.1, -0.05) is 12.2 Å². The zero-order chi connectivity index (χ0) is 16.3. The summed E-state index contributed by atoms with van der Waals surface area (Å²) in [5, 5.41) is 0. The highest BCUT2D eigenvalue weighted by molar-refractivity contribution is 6.60. The van der Waals surface area contributed by atoms with Crippen LogP contribution in [0, 0.1) is 0 Å². The summed E-state index contributed by atoms with van der Waals surface area (Å²) in [5.74, 6) is 0. The van der Waals surface area contributed by atoms with Crippen LogP contribution in [0.25, 0.3) is 0 Å². The van der Waals surface area contributed by atoms with Gasteiger partial charge in [-0.2, -0.15) is 0 Å². The molecule has 128 valence electrons. The van der Waals surface area contributed by atoms with Crippen molar-refractivity contribution in [3.05, 3.63) is 25.3 Å². The summed E-state index contributed by atoms with van der Waals surface area (Å²) in [6.45, 7) is 16.5. The molecule has 0 aromatic rings. The van der Waals surface area contributed by atoms with Gasteiger partial charge in [0.2, 0.25) is 0 Å². The molecule has 1 fully saturated rings. The van der Waals surface area contributed by atoms with Crippen LogP contribution in [0.2, 0.25) is 6.04 Å². The Morgan fingerprint density at radius 2 is 1.82 bits per heavy atom. The van der Waals surface area contributed by atoms with Crippen LogP contribution >= 0.6 is 0 Å². The van der Waals surface area contributed by atoms with E-state index in [1.165, 1.54) is 0 Å². The quantitative estimate of drug-likeness (QED) is 0.455. The van der Waals surface area contributed by atoms with Gasteiger partial charge in [0.05, 0.1) is 12.7 Å². The Bertz CT molecular complexity index is 311. The molecule has 22 heavy (non-hydrogen) atoms. The van der Waals surface area contributed by atoms with Gasteiger partial charge in [0.15, 0.2) is 0 Å². The number of ether oxygens (including phenoxy) is 1. The fraction of sp³-hybridized carbons (Fsp3) is 0.750. The minimum absolute atomic E-state index is 0.0510. The van der Waals surface area contributed by atoms with Crippen molar-refractivity contribution in [1.29, 1.82) is 0 Å². The average molecular weight is 330 g/mol. The Morgan fingerprint density at radius 1 is 1.18 bits per heavy atom. The Balaban J connectivity index is 2.76. The molecule has 1 aliphatic rings. The van der Waals surface area contributed by atoms with E-state index in [4.69, 9.17) is 18.0 Å². The maximum Gasteiger partial charge on any atom is 0.501 e. The molecule has 0 aliphatic carbocycles. The molecular weight excluding hydrogens is 298 g/mol. The Kier molecular flexibility index (Phi) is 9.86. The minimum Gasteiger partial charge on any atom is -0.379 e. The van der Waals surface area contributed by atoms with Crippen LogP contribution in [0.5, 0.6) is 0 Å². The molecule has 0 spiro atoms. The Morgan fingerprint density at radius 3 is 2.36 bits per heavy atom. The number of hydrogen-bond donors (Lipinski definition) is 0. The predicted molar refractivity (Wildman–Crippen MR) is 91.0 cm³/mol. The summed E-state index contributed by atoms with van der Waals surface area (Å²) in [7, 11) is -2.60. The molecule has 5 nitrogen and oxygen atoms in total. The highest BCUT2D eigenvalue weighted by atomic mass is 28.4. The van der Waals surface area contributed by atoms with E-state index in [2.05, 4.69) is 18.1 Å². The van der Waals surface area contributed by atoms with Crippen molar-refractivity contribution in [3.8, 4) is 0 Å². The first-order valence-electron chi connectivity index (χ1n) is 8.17. The largest absolute Gasteiger partial charge is 0.501 e. The summed E-state index contributed by atoms with van der Waals surface area (Å²) in [6.07, 6.45) is 4.65. The SMILES string of the molecule is C=CCN(CC=C)CC1COCCC[Si](OCC)(OCC)O1. The summed E-state index contributed by atoms with van der Waals surface area (Å²) < 4.78 is 24.0. The van der Waals surface area contributed by atoms with E-state index in [-0.39, 0.29) is 6.10 Å². The summed E-state index contributed by atoms with van der Waals surface area (Å²) in [6, 6.07) is 0.814. The molecule has 1 atom stereocenters. The molecule has 1 aliphatic heterocycles. The highest BCUT2D eigenvalue weighted by Crippen LogP contribution is 2.23. The van der Waals surface area contributed by atoms with Gasteiger partial charge < -0.3 is 18.0 Å². The molecule has 0 radical (unpaired) electrons. The maximum atomic E-state index is 6.34. The first-order chi connectivity index (χ1) is 10.7. The number of hydrogen-bond acceptors (Lipinski definition) is 5. The third kappa shape index (κ3) is 6.72. The van der Waals surface area contributed by atoms with E-state index >= 15 is 0 Å². The summed E-state index contributed by atoms with van der Waals surface area (Å²) in [5.41, 5.74) is 0. The van der Waals surface area contributed by atoms with Crippen molar-refractivity contribution in [1.82, 2.24) is 4.90 Å². The maximum absolute atomic E-state index is 6.34. The normalized spacial score (nSPS) is 22.0. The van der Waals surface area contributed by atoms with E-state index in [1.807, 2.05) is 26.0 Å². The number of nitrogens with zero attached hydrogens (tertiary/aromatic N) is 1. The molecule has 0 aromatic heterocycles. The van der Waals surface area contributed by atoms with Crippen molar-refractivity contribution in [2.45, 2.75) is 32.4 Å². The van der Waals surface area contributed by atoms with Gasteiger partial charge in [-0.05, 0) is 20.3 Å². The smallest absolute Gasteiger partial charge is 0.379 e. The molecule has 0 aromatic carbocycles. The topological polar surface area (TPSA) is 40.2 Å². The second-order valence-electron chi connectivity index (χ2n) is 5.26. The molecule has 0 saturated carbocycles. The van der Waals surface area contributed by atoms with E-state index in [0.29, 0.717) is 19.8 Å². The van der Waals surface area contributed by atoms with Crippen LogP contribution in [-0.4, -0.2) is 65.9 Å². The van der Waals surface area contributed by atoms with Crippen molar-refractivity contribution in [3.63, 3.8) is 0 Å². The van der Waals surface area contributed by atoms with Crippen LogP contribution in [0.15, 0.2) is 25.3 Å². The van der Waals surface area contributed by atoms with Gasteiger partial charge in [0.25, 0.3) is 0 Å². The second-order valence-corrected chi connectivity index (χ2v) is 7.94. The lowest BCUT2D eigenvalue weighted by molar-refractivity contribution is -0.0344. The first-order valence-corrected chi connectivity index (χ1v) is 10.1. The number of rotatable bonds is 10. The zero-order valence-electron chi connectivity index (χ0n) is 14.1. The standard InChI is InChI=1S/C16H31NO4Si/c1-5-10-17(11-6-2)14-16-15-18-12-9-13-22(21-16,19-7-3)20-8-4/h5-6,16H,1-2,7-15H2,3-4H3. The molecule has 0 N–H and O–H groups in total. The van der Waals surface area contributed by atoms with Crippen molar-refractivity contribution < 1.29 is 18.0 Å². The van der Waals surface area contributed by atoms with Crippen LogP contribution in [-0.2, 0) is 18.0 Å². The molecule has 1 unspecified atom stereocenters. The van der Waals surface area contributed by atoms with E-state index < -0.39 is 8.80 Å². The van der Waals surface area contributed by atoms with Crippen LogP contribution in [0.1, 0.15) is 20.3 Å². The van der Waals surface area contributed by atoms with Gasteiger partial charge in [-0.15, -0.1) is 13.2 Å². The highest BCUT2D eigenvalue weighted by Gasteiger charge is 2.43. The van der Waals surface area contributed by atoms with Gasteiger partial charge in [-0.25, -0.2) is 0 Å². The third-order valence-electron chi connectivity index (χ3n) is 3.39. The van der Waals surface area contributed by atoms with Gasteiger partial charge in [0.1, 0.15) is 0 Å². The molecule has 1 rings (SSSR count). The lowest BCUT2D eigenvalue weighted by Gasteiger charge is -2.36. The molecule has 1 heterocycles. The van der Waals surface area contributed by atoms with Crippen LogP contribution in [0.3, 0.4) is 0 Å². The fourth-order valence-corrected chi connectivity index (χ4v) is 5.35. The Hall–Kier alpha value is -0.503. The molecule has 1 saturated heterocycles. The fourth-order valence-electron chi connectivity index (χ4n) is 2.61. The summed E-state index contributed by atoms with van der Waals surface area (Å²) in [4.78, 5) is 2.23. The van der Waals surface area contributed by atoms with Crippen LogP contribution in [0.4, 0.5) is 0 Å². The lowest BCUT2D eigenvalue weighted by Crippen LogP contribution is -2.53. The van der Waals surface area contributed by atoms with E-state index in [0.717, 1.165) is 38.7 Å². The summed E-state index contributed by atoms with van der Waals surface area (Å²) >= 11 is 0.